The Kier molecular flexibility index (Phi) is 4.53. The summed E-state index contributed by atoms with van der Waals surface area (Å²) in [5.74, 6) is 0.839. The molecule has 1 heterocycles. The second-order valence-corrected chi connectivity index (χ2v) is 4.98. The summed E-state index contributed by atoms with van der Waals surface area (Å²) in [5.41, 5.74) is 1.01. The third-order valence-electron chi connectivity index (χ3n) is 2.14. The van der Waals surface area contributed by atoms with E-state index in [0.717, 1.165) is 20.9 Å². The molecule has 0 bridgehead atoms. The van der Waals surface area contributed by atoms with Crippen molar-refractivity contribution >= 4 is 27.3 Å². The number of benzene rings is 1. The third kappa shape index (κ3) is 3.28. The molecule has 2 aromatic rings. The van der Waals surface area contributed by atoms with E-state index in [0.29, 0.717) is 13.2 Å². The first-order valence-corrected chi connectivity index (χ1v) is 6.80. The van der Waals surface area contributed by atoms with Crippen molar-refractivity contribution in [1.29, 1.82) is 0 Å². The van der Waals surface area contributed by atoms with Crippen LogP contribution in [0.2, 0.25) is 0 Å². The normalized spacial score (nSPS) is 10.5. The number of halogens is 1. The molecule has 0 saturated heterocycles. The second-order valence-electron chi connectivity index (χ2n) is 3.31. The highest BCUT2D eigenvalue weighted by Gasteiger charge is 2.09. The number of para-hydroxylation sites is 1. The number of aromatic nitrogens is 1. The molecule has 3 nitrogen and oxygen atoms in total. The second kappa shape index (κ2) is 6.14. The topological polar surface area (TPSA) is 31.4 Å². The Bertz CT molecular complexity index is 487. The highest BCUT2D eigenvalue weighted by atomic mass is 79.9. The predicted octanol–water partition coefficient (Wildman–Crippen LogP) is 3.60. The summed E-state index contributed by atoms with van der Waals surface area (Å²) in [6.45, 7) is 1.12. The first-order chi connectivity index (χ1) is 8.31. The first kappa shape index (κ1) is 12.5. The zero-order valence-corrected chi connectivity index (χ0v) is 11.8. The number of thiazole rings is 1. The fourth-order valence-electron chi connectivity index (χ4n) is 1.38. The van der Waals surface area contributed by atoms with E-state index < -0.39 is 0 Å². The van der Waals surface area contributed by atoms with Crippen molar-refractivity contribution in [2.75, 3.05) is 20.3 Å². The molecule has 0 atom stereocenters. The maximum atomic E-state index is 5.67. The van der Waals surface area contributed by atoms with Crippen LogP contribution in [0.5, 0.6) is 5.75 Å². The zero-order chi connectivity index (χ0) is 12.1. The molecule has 0 saturated carbocycles. The van der Waals surface area contributed by atoms with Crippen molar-refractivity contribution in [2.24, 2.45) is 0 Å². The summed E-state index contributed by atoms with van der Waals surface area (Å²) in [6, 6.07) is 7.88. The average molecular weight is 314 g/mol. The summed E-state index contributed by atoms with van der Waals surface area (Å²) in [7, 11) is 1.66. The van der Waals surface area contributed by atoms with Crippen LogP contribution in [0.4, 0.5) is 0 Å². The molecule has 0 aliphatic heterocycles. The molecule has 0 unspecified atom stereocenters. The third-order valence-corrected chi connectivity index (χ3v) is 3.72. The number of hydrogen-bond acceptors (Lipinski definition) is 4. The van der Waals surface area contributed by atoms with Crippen molar-refractivity contribution < 1.29 is 9.47 Å². The zero-order valence-electron chi connectivity index (χ0n) is 9.35. The molecule has 5 heteroatoms. The lowest BCUT2D eigenvalue weighted by atomic mass is 10.2. The molecule has 0 amide bonds. The summed E-state index contributed by atoms with van der Waals surface area (Å²) in [5, 5.41) is 2.91. The summed E-state index contributed by atoms with van der Waals surface area (Å²) < 4.78 is 11.5. The molecule has 0 fully saturated rings. The van der Waals surface area contributed by atoms with Gasteiger partial charge < -0.3 is 9.47 Å². The van der Waals surface area contributed by atoms with Gasteiger partial charge in [-0.2, -0.15) is 0 Å². The maximum absolute atomic E-state index is 5.67. The van der Waals surface area contributed by atoms with Gasteiger partial charge in [0.1, 0.15) is 22.0 Å². The molecule has 90 valence electrons. The predicted molar refractivity (Wildman–Crippen MR) is 72.6 cm³/mol. The van der Waals surface area contributed by atoms with Gasteiger partial charge in [0.15, 0.2) is 0 Å². The molecular weight excluding hydrogens is 302 g/mol. The lowest BCUT2D eigenvalue weighted by molar-refractivity contribution is 0.146. The summed E-state index contributed by atoms with van der Waals surface area (Å²) >= 11 is 4.94. The number of nitrogens with zero attached hydrogens (tertiary/aromatic N) is 1. The van der Waals surface area contributed by atoms with E-state index in [4.69, 9.17) is 9.47 Å². The number of methoxy groups -OCH3 is 1. The van der Waals surface area contributed by atoms with Crippen LogP contribution in [0.25, 0.3) is 10.6 Å². The van der Waals surface area contributed by atoms with Gasteiger partial charge in [-0.15, -0.1) is 11.3 Å². The van der Waals surface area contributed by atoms with Crippen molar-refractivity contribution in [3.8, 4) is 16.3 Å². The minimum Gasteiger partial charge on any atom is -0.490 e. The average Bonchev–Trinajstić information content (AvgIpc) is 2.77. The monoisotopic (exact) mass is 313 g/mol. The van der Waals surface area contributed by atoms with Crippen molar-refractivity contribution in [3.63, 3.8) is 0 Å². The molecule has 0 N–H and O–H groups in total. The Morgan fingerprint density at radius 1 is 1.29 bits per heavy atom. The van der Waals surface area contributed by atoms with E-state index in [1.54, 1.807) is 18.4 Å². The van der Waals surface area contributed by atoms with E-state index in [1.807, 2.05) is 29.6 Å². The lowest BCUT2D eigenvalue weighted by Gasteiger charge is -2.09. The van der Waals surface area contributed by atoms with Gasteiger partial charge in [0.05, 0.1) is 12.2 Å². The lowest BCUT2D eigenvalue weighted by Crippen LogP contribution is -2.04. The number of hydrogen-bond donors (Lipinski definition) is 0. The van der Waals surface area contributed by atoms with Crippen LogP contribution in [0.15, 0.2) is 34.2 Å². The van der Waals surface area contributed by atoms with Gasteiger partial charge in [-0.1, -0.05) is 12.1 Å². The van der Waals surface area contributed by atoms with Crippen LogP contribution >= 0.6 is 27.3 Å². The Labute approximate surface area is 113 Å². The van der Waals surface area contributed by atoms with Crippen molar-refractivity contribution in [2.45, 2.75) is 0 Å². The number of rotatable bonds is 5. The van der Waals surface area contributed by atoms with E-state index in [9.17, 15) is 0 Å². The van der Waals surface area contributed by atoms with E-state index in [2.05, 4.69) is 20.9 Å². The standard InChI is InChI=1S/C12H12BrNO2S/c1-15-6-7-16-10-5-3-2-4-9(10)12-14-11(13)8-17-12/h2-5,8H,6-7H2,1H3. The molecule has 1 aromatic heterocycles. The Morgan fingerprint density at radius 2 is 2.12 bits per heavy atom. The fourth-order valence-corrected chi connectivity index (χ4v) is 2.67. The SMILES string of the molecule is COCCOc1ccccc1-c1nc(Br)cs1. The van der Waals surface area contributed by atoms with E-state index in [-0.39, 0.29) is 0 Å². The van der Waals surface area contributed by atoms with Crippen LogP contribution in [0.1, 0.15) is 0 Å². The highest BCUT2D eigenvalue weighted by Crippen LogP contribution is 2.33. The van der Waals surface area contributed by atoms with Crippen LogP contribution in [-0.4, -0.2) is 25.3 Å². The van der Waals surface area contributed by atoms with Crippen molar-refractivity contribution in [3.05, 3.63) is 34.2 Å². The van der Waals surface area contributed by atoms with Gasteiger partial charge in [-0.05, 0) is 28.1 Å². The van der Waals surface area contributed by atoms with Gasteiger partial charge >= 0.3 is 0 Å². The maximum Gasteiger partial charge on any atom is 0.129 e. The van der Waals surface area contributed by atoms with Gasteiger partial charge in [0, 0.05) is 12.5 Å². The van der Waals surface area contributed by atoms with Gasteiger partial charge in [-0.25, -0.2) is 4.98 Å². The van der Waals surface area contributed by atoms with Crippen LogP contribution in [-0.2, 0) is 4.74 Å². The van der Waals surface area contributed by atoms with Crippen molar-refractivity contribution in [1.82, 2.24) is 4.98 Å². The molecule has 1 aromatic carbocycles. The summed E-state index contributed by atoms with van der Waals surface area (Å²) in [6.07, 6.45) is 0. The van der Waals surface area contributed by atoms with Gasteiger partial charge in [0.25, 0.3) is 0 Å². The Balaban J connectivity index is 2.21. The van der Waals surface area contributed by atoms with Gasteiger partial charge in [-0.3, -0.25) is 0 Å². The summed E-state index contributed by atoms with van der Waals surface area (Å²) in [4.78, 5) is 4.39. The molecule has 0 aliphatic carbocycles. The largest absolute Gasteiger partial charge is 0.490 e. The molecule has 0 aliphatic rings. The van der Waals surface area contributed by atoms with E-state index in [1.165, 1.54) is 0 Å². The van der Waals surface area contributed by atoms with Crippen LogP contribution < -0.4 is 4.74 Å². The Morgan fingerprint density at radius 3 is 2.82 bits per heavy atom. The molecule has 0 radical (unpaired) electrons. The molecule has 2 rings (SSSR count). The fraction of sp³-hybridized carbons (Fsp3) is 0.250. The van der Waals surface area contributed by atoms with E-state index >= 15 is 0 Å². The van der Waals surface area contributed by atoms with Crippen LogP contribution in [0, 0.1) is 0 Å². The first-order valence-electron chi connectivity index (χ1n) is 5.13. The number of ether oxygens (including phenoxy) is 2. The Hall–Kier alpha value is -0.910. The highest BCUT2D eigenvalue weighted by molar-refractivity contribution is 9.10. The quantitative estimate of drug-likeness (QED) is 0.790. The van der Waals surface area contributed by atoms with Gasteiger partial charge in [0.2, 0.25) is 0 Å². The molecule has 0 spiro atoms. The molecular formula is C12H12BrNO2S. The van der Waals surface area contributed by atoms with Crippen LogP contribution in [0.3, 0.4) is 0 Å². The minimum absolute atomic E-state index is 0.542. The smallest absolute Gasteiger partial charge is 0.129 e. The minimum atomic E-state index is 0.542. The molecule has 17 heavy (non-hydrogen) atoms.